The highest BCUT2D eigenvalue weighted by Gasteiger charge is 2.22. The largest absolute Gasteiger partial charge is 0.396 e. The highest BCUT2D eigenvalue weighted by atomic mass is 32.2. The molecule has 6 nitrogen and oxygen atoms in total. The van der Waals surface area contributed by atoms with Crippen molar-refractivity contribution in [2.24, 2.45) is 5.92 Å². The van der Waals surface area contributed by atoms with Gasteiger partial charge in [-0.25, -0.2) is 13.1 Å². The van der Waals surface area contributed by atoms with E-state index in [-0.39, 0.29) is 29.4 Å². The molecule has 0 aliphatic rings. The summed E-state index contributed by atoms with van der Waals surface area (Å²) in [7, 11) is -3.65. The highest BCUT2D eigenvalue weighted by molar-refractivity contribution is 7.89. The molecule has 0 bridgehead atoms. The summed E-state index contributed by atoms with van der Waals surface area (Å²) in [6.45, 7) is 5.09. The molecule has 1 atom stereocenters. The van der Waals surface area contributed by atoms with Gasteiger partial charge >= 0.3 is 0 Å². The van der Waals surface area contributed by atoms with Gasteiger partial charge in [0.2, 0.25) is 15.9 Å². The molecule has 0 aliphatic heterocycles. The van der Waals surface area contributed by atoms with Gasteiger partial charge in [-0.3, -0.25) is 4.79 Å². The number of aliphatic hydroxyl groups is 1. The molecule has 0 saturated carbocycles. The third kappa shape index (κ3) is 5.45. The SMILES string of the molecule is CC(=O)Nc1ccc(S(=O)(=O)NC(CCO)C(C)C)cc1. The molecule has 1 aromatic carbocycles. The molecule has 3 N–H and O–H groups in total. The summed E-state index contributed by atoms with van der Waals surface area (Å²) in [4.78, 5) is 11.0. The van der Waals surface area contributed by atoms with Crippen LogP contribution in [0.3, 0.4) is 0 Å². The molecule has 0 heterocycles. The normalized spacial score (nSPS) is 13.2. The molecular weight excluding hydrogens is 292 g/mol. The molecule has 0 radical (unpaired) electrons. The number of sulfonamides is 1. The Hall–Kier alpha value is -1.44. The van der Waals surface area contributed by atoms with Gasteiger partial charge in [-0.2, -0.15) is 0 Å². The van der Waals surface area contributed by atoms with Crippen LogP contribution in [0.1, 0.15) is 27.2 Å². The first-order chi connectivity index (χ1) is 9.76. The molecule has 0 aliphatic carbocycles. The summed E-state index contributed by atoms with van der Waals surface area (Å²) in [6.07, 6.45) is 0.362. The summed E-state index contributed by atoms with van der Waals surface area (Å²) in [5.41, 5.74) is 0.539. The maximum absolute atomic E-state index is 12.3. The zero-order chi connectivity index (χ0) is 16.0. The predicted octanol–water partition coefficient (Wildman–Crippen LogP) is 1.33. The quantitative estimate of drug-likeness (QED) is 0.707. The van der Waals surface area contributed by atoms with Gasteiger partial charge in [0.05, 0.1) is 4.90 Å². The Morgan fingerprint density at radius 1 is 1.24 bits per heavy atom. The van der Waals surface area contributed by atoms with Crippen LogP contribution in [0, 0.1) is 5.92 Å². The average molecular weight is 314 g/mol. The summed E-state index contributed by atoms with van der Waals surface area (Å²) in [5, 5.41) is 11.6. The number of carbonyl (C=O) groups excluding carboxylic acids is 1. The van der Waals surface area contributed by atoms with Gasteiger partial charge < -0.3 is 10.4 Å². The van der Waals surface area contributed by atoms with Gasteiger partial charge in [-0.05, 0) is 36.6 Å². The number of rotatable bonds is 7. The zero-order valence-electron chi connectivity index (χ0n) is 12.5. The van der Waals surface area contributed by atoms with Crippen LogP contribution in [0.25, 0.3) is 0 Å². The van der Waals surface area contributed by atoms with Crippen LogP contribution in [0.5, 0.6) is 0 Å². The standard InChI is InChI=1S/C14H22N2O4S/c1-10(2)14(8-9-17)16-21(19,20)13-6-4-12(5-7-13)15-11(3)18/h4-7,10,14,16-17H,8-9H2,1-3H3,(H,15,18). The first-order valence-corrected chi connectivity index (χ1v) is 8.25. The minimum atomic E-state index is -3.65. The summed E-state index contributed by atoms with van der Waals surface area (Å²) in [6, 6.07) is 5.61. The van der Waals surface area contributed by atoms with E-state index >= 15 is 0 Å². The second kappa shape index (κ2) is 7.53. The number of anilines is 1. The number of benzene rings is 1. The van der Waals surface area contributed by atoms with Gasteiger partial charge in [0.15, 0.2) is 0 Å². The Morgan fingerprint density at radius 2 is 1.81 bits per heavy atom. The lowest BCUT2D eigenvalue weighted by molar-refractivity contribution is -0.114. The molecule has 0 saturated heterocycles. The van der Waals surface area contributed by atoms with Crippen LogP contribution in [-0.4, -0.2) is 32.1 Å². The third-order valence-electron chi connectivity index (χ3n) is 3.04. The zero-order valence-corrected chi connectivity index (χ0v) is 13.3. The number of carbonyl (C=O) groups is 1. The minimum Gasteiger partial charge on any atom is -0.396 e. The molecule has 0 aromatic heterocycles. The highest BCUT2D eigenvalue weighted by Crippen LogP contribution is 2.16. The van der Waals surface area contributed by atoms with Gasteiger partial charge in [0, 0.05) is 25.3 Å². The molecule has 0 spiro atoms. The van der Waals surface area contributed by atoms with Crippen molar-refractivity contribution in [3.63, 3.8) is 0 Å². The van der Waals surface area contributed by atoms with Crippen LogP contribution in [0.4, 0.5) is 5.69 Å². The lowest BCUT2D eigenvalue weighted by Crippen LogP contribution is -2.39. The van der Waals surface area contributed by atoms with Gasteiger partial charge in [-0.15, -0.1) is 0 Å². The van der Waals surface area contributed by atoms with Crippen molar-refractivity contribution >= 4 is 21.6 Å². The van der Waals surface area contributed by atoms with E-state index in [0.29, 0.717) is 12.1 Å². The molecule has 1 amide bonds. The molecule has 1 unspecified atom stereocenters. The van der Waals surface area contributed by atoms with E-state index in [1.807, 2.05) is 13.8 Å². The number of aliphatic hydroxyl groups excluding tert-OH is 1. The third-order valence-corrected chi connectivity index (χ3v) is 4.54. The first-order valence-electron chi connectivity index (χ1n) is 6.77. The smallest absolute Gasteiger partial charge is 0.240 e. The molecule has 0 fully saturated rings. The van der Waals surface area contributed by atoms with E-state index in [2.05, 4.69) is 10.0 Å². The Labute approximate surface area is 125 Å². The lowest BCUT2D eigenvalue weighted by Gasteiger charge is -2.21. The Balaban J connectivity index is 2.89. The lowest BCUT2D eigenvalue weighted by atomic mass is 10.0. The van der Waals surface area contributed by atoms with Crippen molar-refractivity contribution < 1.29 is 18.3 Å². The van der Waals surface area contributed by atoms with Crippen molar-refractivity contribution in [1.82, 2.24) is 4.72 Å². The first kappa shape index (κ1) is 17.6. The monoisotopic (exact) mass is 314 g/mol. The molecule has 118 valence electrons. The fourth-order valence-corrected chi connectivity index (χ4v) is 3.27. The Kier molecular flexibility index (Phi) is 6.32. The van der Waals surface area contributed by atoms with Crippen LogP contribution in [0.15, 0.2) is 29.2 Å². The fraction of sp³-hybridized carbons (Fsp3) is 0.500. The topological polar surface area (TPSA) is 95.5 Å². The second-order valence-electron chi connectivity index (χ2n) is 5.19. The van der Waals surface area contributed by atoms with E-state index < -0.39 is 10.0 Å². The van der Waals surface area contributed by atoms with E-state index in [1.165, 1.54) is 31.2 Å². The molecule has 21 heavy (non-hydrogen) atoms. The van der Waals surface area contributed by atoms with Crippen LogP contribution < -0.4 is 10.0 Å². The van der Waals surface area contributed by atoms with Crippen molar-refractivity contribution in [1.29, 1.82) is 0 Å². The Morgan fingerprint density at radius 3 is 2.24 bits per heavy atom. The van der Waals surface area contributed by atoms with Gasteiger partial charge in [0.25, 0.3) is 0 Å². The molecule has 1 rings (SSSR count). The fourth-order valence-electron chi connectivity index (χ4n) is 1.86. The Bertz CT molecular complexity index is 567. The van der Waals surface area contributed by atoms with E-state index in [0.717, 1.165) is 0 Å². The maximum Gasteiger partial charge on any atom is 0.240 e. The van der Waals surface area contributed by atoms with Crippen molar-refractivity contribution in [2.45, 2.75) is 38.1 Å². The molecule has 7 heteroatoms. The van der Waals surface area contributed by atoms with Gasteiger partial charge in [-0.1, -0.05) is 13.8 Å². The van der Waals surface area contributed by atoms with Gasteiger partial charge in [0.1, 0.15) is 0 Å². The van der Waals surface area contributed by atoms with Crippen molar-refractivity contribution in [2.75, 3.05) is 11.9 Å². The predicted molar refractivity (Wildman–Crippen MR) is 81.4 cm³/mol. The molecule has 1 aromatic rings. The number of amides is 1. The summed E-state index contributed by atoms with van der Waals surface area (Å²) >= 11 is 0. The summed E-state index contributed by atoms with van der Waals surface area (Å²) < 4.78 is 27.1. The van der Waals surface area contributed by atoms with Crippen LogP contribution in [-0.2, 0) is 14.8 Å². The minimum absolute atomic E-state index is 0.0746. The number of nitrogens with one attached hydrogen (secondary N) is 2. The molecular formula is C14H22N2O4S. The van der Waals surface area contributed by atoms with Crippen molar-refractivity contribution in [3.8, 4) is 0 Å². The van der Waals surface area contributed by atoms with Crippen LogP contribution >= 0.6 is 0 Å². The maximum atomic E-state index is 12.3. The van der Waals surface area contributed by atoms with E-state index in [1.54, 1.807) is 0 Å². The number of hydrogen-bond donors (Lipinski definition) is 3. The number of hydrogen-bond acceptors (Lipinski definition) is 4. The van der Waals surface area contributed by atoms with Crippen molar-refractivity contribution in [3.05, 3.63) is 24.3 Å². The van der Waals surface area contributed by atoms with E-state index in [9.17, 15) is 13.2 Å². The summed E-state index contributed by atoms with van der Waals surface area (Å²) in [5.74, 6) is -0.142. The second-order valence-corrected chi connectivity index (χ2v) is 6.90. The average Bonchev–Trinajstić information content (AvgIpc) is 2.37. The van der Waals surface area contributed by atoms with E-state index in [4.69, 9.17) is 5.11 Å². The van der Waals surface area contributed by atoms with Crippen LogP contribution in [0.2, 0.25) is 0 Å².